The summed E-state index contributed by atoms with van der Waals surface area (Å²) in [5.41, 5.74) is 8.86. The molecule has 1 aromatic heterocycles. The van der Waals surface area contributed by atoms with Crippen LogP contribution in [0.15, 0.2) is 30.3 Å². The van der Waals surface area contributed by atoms with Crippen LogP contribution in [0.1, 0.15) is 55.1 Å². The first kappa shape index (κ1) is 16.9. The van der Waals surface area contributed by atoms with Crippen molar-refractivity contribution in [3.63, 3.8) is 0 Å². The molecule has 1 aliphatic carbocycles. The zero-order valence-corrected chi connectivity index (χ0v) is 14.8. The Labute approximate surface area is 144 Å². The number of nitrogens with two attached hydrogens (primary N) is 1. The Hall–Kier alpha value is -1.94. The molecule has 2 N–H and O–H groups in total. The highest BCUT2D eigenvalue weighted by Crippen LogP contribution is 2.40. The quantitative estimate of drug-likeness (QED) is 0.883. The number of fused-ring (bicyclic) bond motifs is 1. The molecular weight excluding hydrogens is 298 g/mol. The van der Waals surface area contributed by atoms with Crippen LogP contribution in [0.4, 0.5) is 0 Å². The van der Waals surface area contributed by atoms with Gasteiger partial charge in [-0.15, -0.1) is 0 Å². The third-order valence-electron chi connectivity index (χ3n) is 4.96. The molecule has 0 radical (unpaired) electrons. The van der Waals surface area contributed by atoms with Crippen LogP contribution in [0.5, 0.6) is 0 Å². The van der Waals surface area contributed by atoms with E-state index in [-0.39, 0.29) is 11.9 Å². The predicted octanol–water partition coefficient (Wildman–Crippen LogP) is 3.56. The number of aromatic nitrogens is 1. The maximum Gasteiger partial charge on any atom is 0.254 e. The van der Waals surface area contributed by atoms with E-state index in [0.29, 0.717) is 18.4 Å². The van der Waals surface area contributed by atoms with Gasteiger partial charge in [-0.3, -0.25) is 9.78 Å². The molecule has 0 bridgehead atoms. The van der Waals surface area contributed by atoms with Crippen molar-refractivity contribution in [2.24, 2.45) is 11.7 Å². The Morgan fingerprint density at radius 1 is 1.33 bits per heavy atom. The molecule has 1 aliphatic rings. The molecule has 24 heavy (non-hydrogen) atoms. The normalized spacial score (nSPS) is 15.7. The van der Waals surface area contributed by atoms with Gasteiger partial charge in [0.05, 0.1) is 11.1 Å². The van der Waals surface area contributed by atoms with E-state index in [1.165, 1.54) is 12.8 Å². The summed E-state index contributed by atoms with van der Waals surface area (Å²) in [7, 11) is 1.86. The number of nitrogens with zero attached hydrogens (tertiary/aromatic N) is 2. The van der Waals surface area contributed by atoms with Crippen LogP contribution in [0.25, 0.3) is 10.9 Å². The molecule has 1 amide bonds. The van der Waals surface area contributed by atoms with Gasteiger partial charge in [0.15, 0.2) is 0 Å². The van der Waals surface area contributed by atoms with E-state index < -0.39 is 0 Å². The van der Waals surface area contributed by atoms with Crippen LogP contribution in [-0.2, 0) is 0 Å². The van der Waals surface area contributed by atoms with Crippen molar-refractivity contribution >= 4 is 16.8 Å². The van der Waals surface area contributed by atoms with Gasteiger partial charge in [0, 0.05) is 36.6 Å². The Balaban J connectivity index is 1.85. The summed E-state index contributed by atoms with van der Waals surface area (Å²) in [6.07, 6.45) is 3.18. The molecule has 2 aromatic rings. The third-order valence-corrected chi connectivity index (χ3v) is 4.96. The summed E-state index contributed by atoms with van der Waals surface area (Å²) in [6.45, 7) is 4.91. The lowest BCUT2D eigenvalue weighted by Crippen LogP contribution is -2.34. The van der Waals surface area contributed by atoms with Crippen molar-refractivity contribution in [1.29, 1.82) is 0 Å². The summed E-state index contributed by atoms with van der Waals surface area (Å²) in [6, 6.07) is 10.0. The Kier molecular flexibility index (Phi) is 4.86. The SMILES string of the molecule is CC(C)C(N)CCN(C)C(=O)c1cc(C2CC2)nc2ccccc12. The lowest BCUT2D eigenvalue weighted by molar-refractivity contribution is 0.0791. The lowest BCUT2D eigenvalue weighted by atomic mass is 10.0. The number of para-hydroxylation sites is 1. The van der Waals surface area contributed by atoms with Crippen LogP contribution in [0, 0.1) is 5.92 Å². The predicted molar refractivity (Wildman–Crippen MR) is 98.1 cm³/mol. The summed E-state index contributed by atoms with van der Waals surface area (Å²) >= 11 is 0. The van der Waals surface area contributed by atoms with Crippen molar-refractivity contribution in [1.82, 2.24) is 9.88 Å². The molecule has 1 aromatic carbocycles. The van der Waals surface area contributed by atoms with E-state index in [4.69, 9.17) is 10.7 Å². The van der Waals surface area contributed by atoms with E-state index in [9.17, 15) is 4.79 Å². The molecule has 0 spiro atoms. The smallest absolute Gasteiger partial charge is 0.254 e. The lowest BCUT2D eigenvalue weighted by Gasteiger charge is -2.22. The number of pyridine rings is 1. The Morgan fingerprint density at radius 3 is 2.71 bits per heavy atom. The third kappa shape index (κ3) is 3.59. The average molecular weight is 325 g/mol. The average Bonchev–Trinajstić information content (AvgIpc) is 3.42. The molecule has 1 fully saturated rings. The first-order chi connectivity index (χ1) is 11.5. The molecule has 1 saturated carbocycles. The topological polar surface area (TPSA) is 59.2 Å². The van der Waals surface area contributed by atoms with Crippen LogP contribution < -0.4 is 5.73 Å². The molecule has 1 heterocycles. The van der Waals surface area contributed by atoms with Gasteiger partial charge < -0.3 is 10.6 Å². The van der Waals surface area contributed by atoms with Crippen molar-refractivity contribution < 1.29 is 4.79 Å². The summed E-state index contributed by atoms with van der Waals surface area (Å²) < 4.78 is 0. The number of hydrogen-bond donors (Lipinski definition) is 1. The van der Waals surface area contributed by atoms with Crippen molar-refractivity contribution in [2.45, 2.75) is 45.1 Å². The van der Waals surface area contributed by atoms with Gasteiger partial charge in [0.25, 0.3) is 5.91 Å². The van der Waals surface area contributed by atoms with Gasteiger partial charge in [-0.25, -0.2) is 0 Å². The maximum absolute atomic E-state index is 13.0. The summed E-state index contributed by atoms with van der Waals surface area (Å²) in [5.74, 6) is 1.02. The van der Waals surface area contributed by atoms with Gasteiger partial charge in [0.1, 0.15) is 0 Å². The van der Waals surface area contributed by atoms with Gasteiger partial charge in [-0.1, -0.05) is 32.0 Å². The van der Waals surface area contributed by atoms with E-state index in [1.54, 1.807) is 4.90 Å². The van der Waals surface area contributed by atoms with Gasteiger partial charge in [-0.05, 0) is 37.3 Å². The zero-order chi connectivity index (χ0) is 17.3. The number of amides is 1. The molecule has 4 nitrogen and oxygen atoms in total. The number of rotatable bonds is 6. The van der Waals surface area contributed by atoms with Crippen LogP contribution in [0.3, 0.4) is 0 Å². The Morgan fingerprint density at radius 2 is 2.04 bits per heavy atom. The molecule has 128 valence electrons. The Bertz CT molecular complexity index is 737. The van der Waals surface area contributed by atoms with Gasteiger partial charge in [-0.2, -0.15) is 0 Å². The van der Waals surface area contributed by atoms with Crippen LogP contribution in [-0.4, -0.2) is 35.4 Å². The van der Waals surface area contributed by atoms with Gasteiger partial charge >= 0.3 is 0 Å². The summed E-state index contributed by atoms with van der Waals surface area (Å²) in [5, 5.41) is 0.937. The molecule has 0 aliphatic heterocycles. The maximum atomic E-state index is 13.0. The van der Waals surface area contributed by atoms with E-state index in [0.717, 1.165) is 28.6 Å². The monoisotopic (exact) mass is 325 g/mol. The number of benzene rings is 1. The molecule has 4 heteroatoms. The van der Waals surface area contributed by atoms with Crippen molar-refractivity contribution in [2.75, 3.05) is 13.6 Å². The molecular formula is C20H27N3O. The second-order valence-corrected chi connectivity index (χ2v) is 7.31. The number of carbonyl (C=O) groups is 1. The highest BCUT2D eigenvalue weighted by Gasteiger charge is 2.27. The fraction of sp³-hybridized carbons (Fsp3) is 0.500. The summed E-state index contributed by atoms with van der Waals surface area (Å²) in [4.78, 5) is 19.5. The zero-order valence-electron chi connectivity index (χ0n) is 14.8. The minimum atomic E-state index is 0.0615. The van der Waals surface area contributed by atoms with Crippen molar-refractivity contribution in [3.8, 4) is 0 Å². The fourth-order valence-electron chi connectivity index (χ4n) is 2.94. The molecule has 3 rings (SSSR count). The number of carbonyl (C=O) groups excluding carboxylic acids is 1. The van der Waals surface area contributed by atoms with Crippen molar-refractivity contribution in [3.05, 3.63) is 41.6 Å². The highest BCUT2D eigenvalue weighted by atomic mass is 16.2. The van der Waals surface area contributed by atoms with E-state index in [2.05, 4.69) is 13.8 Å². The molecule has 1 atom stereocenters. The first-order valence-corrected chi connectivity index (χ1v) is 8.88. The van der Waals surface area contributed by atoms with E-state index >= 15 is 0 Å². The van der Waals surface area contributed by atoms with Crippen LogP contribution >= 0.6 is 0 Å². The minimum absolute atomic E-state index is 0.0615. The van der Waals surface area contributed by atoms with Gasteiger partial charge in [0.2, 0.25) is 0 Å². The molecule has 0 saturated heterocycles. The first-order valence-electron chi connectivity index (χ1n) is 8.88. The second-order valence-electron chi connectivity index (χ2n) is 7.31. The molecule has 1 unspecified atom stereocenters. The second kappa shape index (κ2) is 6.89. The highest BCUT2D eigenvalue weighted by molar-refractivity contribution is 6.06. The van der Waals surface area contributed by atoms with Crippen LogP contribution in [0.2, 0.25) is 0 Å². The fourth-order valence-corrected chi connectivity index (χ4v) is 2.94. The largest absolute Gasteiger partial charge is 0.342 e. The standard InChI is InChI=1S/C20H27N3O/c1-13(2)17(21)10-11-23(3)20(24)16-12-19(14-8-9-14)22-18-7-5-4-6-15(16)18/h4-7,12-14,17H,8-11,21H2,1-3H3. The number of hydrogen-bond acceptors (Lipinski definition) is 3. The van der Waals surface area contributed by atoms with E-state index in [1.807, 2.05) is 37.4 Å². The minimum Gasteiger partial charge on any atom is -0.342 e.